The Balaban J connectivity index is 1.62. The monoisotopic (exact) mass is 384 g/mol. The molecule has 5 nitrogen and oxygen atoms in total. The number of hydrazine groups is 1. The lowest BCUT2D eigenvalue weighted by molar-refractivity contribution is 0.0848. The van der Waals surface area contributed by atoms with Gasteiger partial charge in [-0.1, -0.05) is 18.2 Å². The molecule has 27 heavy (non-hydrogen) atoms. The molecule has 0 spiro atoms. The van der Waals surface area contributed by atoms with E-state index < -0.39 is 11.8 Å². The number of amides is 2. The van der Waals surface area contributed by atoms with Crippen molar-refractivity contribution in [2.75, 3.05) is 6.61 Å². The van der Waals surface area contributed by atoms with E-state index in [2.05, 4.69) is 10.9 Å². The summed E-state index contributed by atoms with van der Waals surface area (Å²) < 4.78 is 18.4. The Morgan fingerprint density at radius 1 is 1.00 bits per heavy atom. The summed E-state index contributed by atoms with van der Waals surface area (Å²) >= 11 is 1.25. The molecule has 0 atom stereocenters. The molecule has 0 unspecified atom stereocenters. The van der Waals surface area contributed by atoms with Crippen LogP contribution in [0.3, 0.4) is 0 Å². The van der Waals surface area contributed by atoms with E-state index in [0.717, 1.165) is 10.4 Å². The third kappa shape index (κ3) is 4.71. The molecular weight excluding hydrogens is 367 g/mol. The molecule has 0 aliphatic carbocycles. The lowest BCUT2D eigenvalue weighted by atomic mass is 10.2. The van der Waals surface area contributed by atoms with Crippen molar-refractivity contribution in [3.8, 4) is 16.2 Å². The predicted molar refractivity (Wildman–Crippen MR) is 102 cm³/mol. The minimum absolute atomic E-state index is 0.315. The zero-order valence-corrected chi connectivity index (χ0v) is 15.3. The third-order valence-electron chi connectivity index (χ3n) is 3.66. The molecule has 7 heteroatoms. The summed E-state index contributed by atoms with van der Waals surface area (Å²) in [6.45, 7) is 2.35. The van der Waals surface area contributed by atoms with Crippen LogP contribution in [0.1, 0.15) is 27.0 Å². The molecule has 1 heterocycles. The van der Waals surface area contributed by atoms with Gasteiger partial charge in [0.15, 0.2) is 0 Å². The Bertz CT molecular complexity index is 954. The number of thiophene rings is 1. The van der Waals surface area contributed by atoms with Gasteiger partial charge in [-0.15, -0.1) is 11.3 Å². The average Bonchev–Trinajstić information content (AvgIpc) is 3.17. The lowest BCUT2D eigenvalue weighted by Gasteiger charge is -2.08. The maximum atomic E-state index is 13.0. The van der Waals surface area contributed by atoms with Crippen LogP contribution in [0.5, 0.6) is 5.75 Å². The van der Waals surface area contributed by atoms with E-state index in [4.69, 9.17) is 4.74 Å². The number of carbonyl (C=O) groups excluding carboxylic acids is 2. The van der Waals surface area contributed by atoms with Gasteiger partial charge in [0, 0.05) is 10.4 Å². The van der Waals surface area contributed by atoms with Crippen LogP contribution in [0.4, 0.5) is 4.39 Å². The van der Waals surface area contributed by atoms with Crippen molar-refractivity contribution in [3.63, 3.8) is 0 Å². The number of carbonyl (C=O) groups is 2. The smallest absolute Gasteiger partial charge is 0.279 e. The standard InChI is InChI=1S/C20H17FN2O3S/c1-2-26-16-5-3-4-14(12-16)19(24)22-23-20(25)18-11-10-17(27-18)13-6-8-15(21)9-7-13/h3-12H,2H2,1H3,(H,22,24)(H,23,25). The highest BCUT2D eigenvalue weighted by atomic mass is 32.1. The zero-order chi connectivity index (χ0) is 19.2. The zero-order valence-electron chi connectivity index (χ0n) is 14.5. The van der Waals surface area contributed by atoms with Crippen molar-refractivity contribution in [3.05, 3.63) is 76.9 Å². The number of rotatable bonds is 5. The minimum atomic E-state index is -0.444. The molecule has 1 aromatic heterocycles. The molecule has 2 amide bonds. The fourth-order valence-electron chi connectivity index (χ4n) is 2.37. The van der Waals surface area contributed by atoms with Gasteiger partial charge in [0.05, 0.1) is 11.5 Å². The molecular formula is C20H17FN2O3S. The van der Waals surface area contributed by atoms with Crippen molar-refractivity contribution in [2.24, 2.45) is 0 Å². The third-order valence-corrected chi connectivity index (χ3v) is 4.79. The molecule has 0 aliphatic heterocycles. The molecule has 0 saturated carbocycles. The second kappa shape index (κ2) is 8.46. The van der Waals surface area contributed by atoms with E-state index >= 15 is 0 Å². The van der Waals surface area contributed by atoms with Gasteiger partial charge in [0.1, 0.15) is 11.6 Å². The summed E-state index contributed by atoms with van der Waals surface area (Å²) in [6, 6.07) is 16.1. The Labute approximate surface area is 159 Å². The topological polar surface area (TPSA) is 67.4 Å². The summed E-state index contributed by atoms with van der Waals surface area (Å²) in [5, 5.41) is 0. The van der Waals surface area contributed by atoms with Gasteiger partial charge < -0.3 is 4.74 Å². The fourth-order valence-corrected chi connectivity index (χ4v) is 3.28. The second-order valence-electron chi connectivity index (χ2n) is 5.54. The number of ether oxygens (including phenoxy) is 1. The average molecular weight is 384 g/mol. The summed E-state index contributed by atoms with van der Waals surface area (Å²) in [5.74, 6) is -0.606. The first-order valence-electron chi connectivity index (χ1n) is 8.26. The molecule has 3 rings (SSSR count). The molecule has 0 saturated heterocycles. The van der Waals surface area contributed by atoms with E-state index in [9.17, 15) is 14.0 Å². The number of benzene rings is 2. The SMILES string of the molecule is CCOc1cccc(C(=O)NNC(=O)c2ccc(-c3ccc(F)cc3)s2)c1. The van der Waals surface area contributed by atoms with Gasteiger partial charge in [0.25, 0.3) is 11.8 Å². The van der Waals surface area contributed by atoms with E-state index in [1.807, 2.05) is 6.92 Å². The van der Waals surface area contributed by atoms with Gasteiger partial charge in [-0.2, -0.15) is 0 Å². The predicted octanol–water partition coefficient (Wildman–Crippen LogP) is 4.03. The van der Waals surface area contributed by atoms with E-state index in [-0.39, 0.29) is 5.82 Å². The fraction of sp³-hybridized carbons (Fsp3) is 0.100. The van der Waals surface area contributed by atoms with Crippen LogP contribution in [0.2, 0.25) is 0 Å². The first-order valence-corrected chi connectivity index (χ1v) is 9.08. The number of halogens is 1. The van der Waals surface area contributed by atoms with Crippen LogP contribution >= 0.6 is 11.3 Å². The first kappa shape index (κ1) is 18.6. The summed E-state index contributed by atoms with van der Waals surface area (Å²) in [7, 11) is 0. The summed E-state index contributed by atoms with van der Waals surface area (Å²) in [5.41, 5.74) is 5.97. The van der Waals surface area contributed by atoms with Crippen molar-refractivity contribution in [2.45, 2.75) is 6.92 Å². The second-order valence-corrected chi connectivity index (χ2v) is 6.62. The van der Waals surface area contributed by atoms with Gasteiger partial charge in [-0.3, -0.25) is 20.4 Å². The molecule has 2 aromatic carbocycles. The highest BCUT2D eigenvalue weighted by Crippen LogP contribution is 2.28. The van der Waals surface area contributed by atoms with E-state index in [1.165, 1.54) is 23.5 Å². The molecule has 0 bridgehead atoms. The molecule has 0 aliphatic rings. The number of nitrogens with one attached hydrogen (secondary N) is 2. The largest absolute Gasteiger partial charge is 0.494 e. The van der Waals surface area contributed by atoms with E-state index in [0.29, 0.717) is 22.8 Å². The first-order chi connectivity index (χ1) is 13.1. The van der Waals surface area contributed by atoms with E-state index in [1.54, 1.807) is 48.5 Å². The van der Waals surface area contributed by atoms with Gasteiger partial charge in [-0.25, -0.2) is 4.39 Å². The summed E-state index contributed by atoms with van der Waals surface area (Å²) in [6.07, 6.45) is 0. The van der Waals surface area contributed by atoms with Crippen molar-refractivity contribution >= 4 is 23.2 Å². The maximum Gasteiger partial charge on any atom is 0.279 e. The lowest BCUT2D eigenvalue weighted by Crippen LogP contribution is -2.41. The minimum Gasteiger partial charge on any atom is -0.494 e. The van der Waals surface area contributed by atoms with Crippen LogP contribution in [0, 0.1) is 5.82 Å². The highest BCUT2D eigenvalue weighted by Gasteiger charge is 2.13. The van der Waals surface area contributed by atoms with Crippen molar-refractivity contribution < 1.29 is 18.7 Å². The molecule has 138 valence electrons. The Morgan fingerprint density at radius 3 is 2.48 bits per heavy atom. The summed E-state index contributed by atoms with van der Waals surface area (Å²) in [4.78, 5) is 25.7. The quantitative estimate of drug-likeness (QED) is 0.653. The molecule has 2 N–H and O–H groups in total. The van der Waals surface area contributed by atoms with Crippen molar-refractivity contribution in [1.82, 2.24) is 10.9 Å². The van der Waals surface area contributed by atoms with Crippen LogP contribution in [-0.4, -0.2) is 18.4 Å². The molecule has 0 fully saturated rings. The van der Waals surface area contributed by atoms with Crippen LogP contribution in [0.25, 0.3) is 10.4 Å². The molecule has 3 aromatic rings. The highest BCUT2D eigenvalue weighted by molar-refractivity contribution is 7.17. The van der Waals surface area contributed by atoms with Gasteiger partial charge in [-0.05, 0) is 55.0 Å². The number of hydrogen-bond acceptors (Lipinski definition) is 4. The molecule has 0 radical (unpaired) electrons. The van der Waals surface area contributed by atoms with Crippen molar-refractivity contribution in [1.29, 1.82) is 0 Å². The van der Waals surface area contributed by atoms with Gasteiger partial charge in [0.2, 0.25) is 0 Å². The maximum absolute atomic E-state index is 13.0. The van der Waals surface area contributed by atoms with Crippen LogP contribution < -0.4 is 15.6 Å². The Morgan fingerprint density at radius 2 is 1.74 bits per heavy atom. The van der Waals surface area contributed by atoms with Crippen LogP contribution in [-0.2, 0) is 0 Å². The number of hydrogen-bond donors (Lipinski definition) is 2. The van der Waals surface area contributed by atoms with Crippen LogP contribution in [0.15, 0.2) is 60.7 Å². The normalized spacial score (nSPS) is 10.3. The Hall–Kier alpha value is -3.19. The van der Waals surface area contributed by atoms with Gasteiger partial charge >= 0.3 is 0 Å². The Kier molecular flexibility index (Phi) is 5.83.